The van der Waals surface area contributed by atoms with Crippen LogP contribution < -0.4 is 5.73 Å². The highest BCUT2D eigenvalue weighted by molar-refractivity contribution is 7.47. The molecule has 0 bridgehead atoms. The molecule has 0 aromatic rings. The first kappa shape index (κ1) is 34.5. The third-order valence-electron chi connectivity index (χ3n) is 5.97. The minimum absolute atomic E-state index is 0.0769. The Morgan fingerprint density at radius 1 is 0.743 bits per heavy atom. The van der Waals surface area contributed by atoms with E-state index >= 15 is 0 Å². The van der Waals surface area contributed by atoms with Gasteiger partial charge in [0, 0.05) is 13.0 Å². The lowest BCUT2D eigenvalue weighted by molar-refractivity contribution is -0.147. The second-order valence-electron chi connectivity index (χ2n) is 9.48. The van der Waals surface area contributed by atoms with Crippen LogP contribution in [0.25, 0.3) is 0 Å². The summed E-state index contributed by atoms with van der Waals surface area (Å²) in [6.45, 7) is 1.47. The number of carbonyl (C=O) groups is 1. The SMILES string of the molecule is CCCCCCCCCCCCCCCCCCCCC(=O)OC[C@@H](O)COP(=O)(O)OCCN. The summed E-state index contributed by atoms with van der Waals surface area (Å²) >= 11 is 0. The molecule has 2 atom stereocenters. The lowest BCUT2D eigenvalue weighted by Gasteiger charge is -2.15. The second-order valence-corrected chi connectivity index (χ2v) is 10.9. The van der Waals surface area contributed by atoms with Gasteiger partial charge in [0.15, 0.2) is 0 Å². The normalized spacial score (nSPS) is 14.1. The first-order valence-electron chi connectivity index (χ1n) is 14.1. The molecule has 0 saturated carbocycles. The molecule has 0 aromatic heterocycles. The maximum atomic E-state index is 11.7. The molecule has 0 fully saturated rings. The Hall–Kier alpha value is -0.500. The summed E-state index contributed by atoms with van der Waals surface area (Å²) in [6, 6.07) is 0. The number of rotatable bonds is 27. The van der Waals surface area contributed by atoms with E-state index in [0.717, 1.165) is 19.3 Å². The van der Waals surface area contributed by atoms with Crippen molar-refractivity contribution in [1.82, 2.24) is 0 Å². The van der Waals surface area contributed by atoms with Crippen LogP contribution in [0.2, 0.25) is 0 Å². The molecule has 35 heavy (non-hydrogen) atoms. The number of nitrogens with two attached hydrogens (primary N) is 1. The van der Waals surface area contributed by atoms with Gasteiger partial charge < -0.3 is 20.5 Å². The van der Waals surface area contributed by atoms with Gasteiger partial charge in [-0.3, -0.25) is 13.8 Å². The van der Waals surface area contributed by atoms with Gasteiger partial charge in [0.05, 0.1) is 13.2 Å². The molecule has 210 valence electrons. The van der Waals surface area contributed by atoms with Crippen LogP contribution in [0.5, 0.6) is 0 Å². The van der Waals surface area contributed by atoms with E-state index in [1.807, 2.05) is 0 Å². The van der Waals surface area contributed by atoms with Crippen molar-refractivity contribution in [2.75, 3.05) is 26.4 Å². The number of hydrogen-bond donors (Lipinski definition) is 3. The van der Waals surface area contributed by atoms with Gasteiger partial charge in [-0.05, 0) is 6.42 Å². The molecule has 0 aliphatic rings. The summed E-state index contributed by atoms with van der Waals surface area (Å²) in [4.78, 5) is 21.1. The van der Waals surface area contributed by atoms with Gasteiger partial charge in [-0.15, -0.1) is 0 Å². The van der Waals surface area contributed by atoms with E-state index in [9.17, 15) is 19.4 Å². The lowest BCUT2D eigenvalue weighted by Crippen LogP contribution is -2.23. The Morgan fingerprint density at radius 2 is 1.17 bits per heavy atom. The first-order valence-corrected chi connectivity index (χ1v) is 15.6. The molecule has 0 spiro atoms. The molecule has 1 unspecified atom stereocenters. The summed E-state index contributed by atoms with van der Waals surface area (Å²) in [7, 11) is -4.24. The van der Waals surface area contributed by atoms with Crippen LogP contribution in [0, 0.1) is 0 Å². The average molecular weight is 524 g/mol. The summed E-state index contributed by atoms with van der Waals surface area (Å²) < 4.78 is 25.6. The second kappa shape index (κ2) is 25.2. The van der Waals surface area contributed by atoms with E-state index in [4.69, 9.17) is 10.5 Å². The fourth-order valence-electron chi connectivity index (χ4n) is 3.87. The monoisotopic (exact) mass is 523 g/mol. The van der Waals surface area contributed by atoms with Crippen molar-refractivity contribution in [3.63, 3.8) is 0 Å². The summed E-state index contributed by atoms with van der Waals surface area (Å²) in [5.41, 5.74) is 5.18. The molecule has 4 N–H and O–H groups in total. The van der Waals surface area contributed by atoms with E-state index in [-0.39, 0.29) is 25.7 Å². The van der Waals surface area contributed by atoms with E-state index < -0.39 is 20.5 Å². The van der Waals surface area contributed by atoms with Crippen LogP contribution in [0.1, 0.15) is 129 Å². The Balaban J connectivity index is 3.36. The first-order chi connectivity index (χ1) is 16.9. The Kier molecular flexibility index (Phi) is 24.8. The van der Waals surface area contributed by atoms with Gasteiger partial charge in [0.1, 0.15) is 12.7 Å². The number of aliphatic hydroxyl groups is 1. The highest BCUT2D eigenvalue weighted by atomic mass is 31.2. The standard InChI is InChI=1S/C26H54NO7P/c1-2-3-4-5-6-7-8-9-10-11-12-13-14-15-16-17-18-19-20-26(29)32-23-25(28)24-34-35(30,31)33-22-21-27/h25,28H,2-24,27H2,1H3,(H,30,31)/t25-/m1/s1. The lowest BCUT2D eigenvalue weighted by atomic mass is 10.0. The van der Waals surface area contributed by atoms with Crippen molar-refractivity contribution in [1.29, 1.82) is 0 Å². The molecule has 0 heterocycles. The Labute approximate surface area is 214 Å². The molecular weight excluding hydrogens is 469 g/mol. The number of aliphatic hydroxyl groups excluding tert-OH is 1. The van der Waals surface area contributed by atoms with E-state index in [2.05, 4.69) is 16.0 Å². The van der Waals surface area contributed by atoms with Gasteiger partial charge >= 0.3 is 13.8 Å². The molecule has 0 rings (SSSR count). The molecule has 0 amide bonds. The van der Waals surface area contributed by atoms with Crippen molar-refractivity contribution in [2.24, 2.45) is 5.73 Å². The number of phosphoric ester groups is 1. The Bertz CT molecular complexity index is 522. The van der Waals surface area contributed by atoms with Crippen molar-refractivity contribution in [3.8, 4) is 0 Å². The molecule has 8 nitrogen and oxygen atoms in total. The zero-order valence-corrected chi connectivity index (χ0v) is 23.2. The Morgan fingerprint density at radius 3 is 1.60 bits per heavy atom. The zero-order valence-electron chi connectivity index (χ0n) is 22.3. The summed E-state index contributed by atoms with van der Waals surface area (Å²) in [6.07, 6.45) is 22.4. The molecule has 0 radical (unpaired) electrons. The smallest absolute Gasteiger partial charge is 0.463 e. The fraction of sp³-hybridized carbons (Fsp3) is 0.962. The van der Waals surface area contributed by atoms with Crippen molar-refractivity contribution in [3.05, 3.63) is 0 Å². The average Bonchev–Trinajstić information content (AvgIpc) is 2.84. The predicted octanol–water partition coefficient (Wildman–Crippen LogP) is 6.41. The van der Waals surface area contributed by atoms with Gasteiger partial charge in [-0.1, -0.05) is 116 Å². The number of hydrogen-bond acceptors (Lipinski definition) is 7. The molecule has 9 heteroatoms. The van der Waals surface area contributed by atoms with Crippen LogP contribution in [0.15, 0.2) is 0 Å². The van der Waals surface area contributed by atoms with E-state index in [1.54, 1.807) is 0 Å². The van der Waals surface area contributed by atoms with Crippen molar-refractivity contribution < 1.29 is 33.1 Å². The predicted molar refractivity (Wildman–Crippen MR) is 141 cm³/mol. The van der Waals surface area contributed by atoms with Gasteiger partial charge in [-0.2, -0.15) is 0 Å². The molecule has 0 aromatic carbocycles. The van der Waals surface area contributed by atoms with Crippen molar-refractivity contribution in [2.45, 2.75) is 135 Å². The van der Waals surface area contributed by atoms with Gasteiger partial charge in [0.25, 0.3) is 0 Å². The number of esters is 1. The maximum Gasteiger partial charge on any atom is 0.472 e. The number of carbonyl (C=O) groups excluding carboxylic acids is 1. The third kappa shape index (κ3) is 26.4. The van der Waals surface area contributed by atoms with E-state index in [0.29, 0.717) is 6.42 Å². The van der Waals surface area contributed by atoms with Crippen LogP contribution in [0.3, 0.4) is 0 Å². The van der Waals surface area contributed by atoms with Crippen molar-refractivity contribution >= 4 is 13.8 Å². The summed E-state index contributed by atoms with van der Waals surface area (Å²) in [5.74, 6) is -0.382. The largest absolute Gasteiger partial charge is 0.472 e. The van der Waals surface area contributed by atoms with Crippen LogP contribution in [-0.2, 0) is 23.1 Å². The maximum absolute atomic E-state index is 11.7. The fourth-order valence-corrected chi connectivity index (χ4v) is 4.64. The van der Waals surface area contributed by atoms with Crippen LogP contribution >= 0.6 is 7.82 Å². The van der Waals surface area contributed by atoms with Gasteiger partial charge in [0.2, 0.25) is 0 Å². The zero-order chi connectivity index (χ0) is 26.0. The van der Waals surface area contributed by atoms with Crippen LogP contribution in [-0.4, -0.2) is 48.4 Å². The number of ether oxygens (including phenoxy) is 1. The van der Waals surface area contributed by atoms with Crippen LogP contribution in [0.4, 0.5) is 0 Å². The minimum atomic E-state index is -4.24. The quantitative estimate of drug-likeness (QED) is 0.0639. The summed E-state index contributed by atoms with van der Waals surface area (Å²) in [5, 5.41) is 9.70. The van der Waals surface area contributed by atoms with E-state index in [1.165, 1.54) is 96.3 Å². The molecule has 0 saturated heterocycles. The van der Waals surface area contributed by atoms with Gasteiger partial charge in [-0.25, -0.2) is 4.57 Å². The topological polar surface area (TPSA) is 128 Å². The third-order valence-corrected chi connectivity index (χ3v) is 6.96. The molecular formula is C26H54NO7P. The molecule has 0 aliphatic heterocycles. The molecule has 0 aliphatic carbocycles. The number of phosphoric acid groups is 1. The number of unbranched alkanes of at least 4 members (excludes halogenated alkanes) is 17. The highest BCUT2D eigenvalue weighted by Crippen LogP contribution is 2.42. The highest BCUT2D eigenvalue weighted by Gasteiger charge is 2.22. The minimum Gasteiger partial charge on any atom is -0.463 e.